The molecule has 1 N–H and O–H groups in total. The van der Waals surface area contributed by atoms with E-state index in [4.69, 9.17) is 4.74 Å². The predicted molar refractivity (Wildman–Crippen MR) is 102 cm³/mol. The molecule has 6 heteroatoms. The van der Waals surface area contributed by atoms with Crippen molar-refractivity contribution in [2.24, 2.45) is 0 Å². The molecule has 2 aromatic carbocycles. The van der Waals surface area contributed by atoms with Gasteiger partial charge in [-0.15, -0.1) is 11.3 Å². The highest BCUT2D eigenvalue weighted by Crippen LogP contribution is 2.24. The Morgan fingerprint density at radius 2 is 1.85 bits per heavy atom. The number of hydrogen-bond acceptors (Lipinski definition) is 5. The molecule has 0 aliphatic heterocycles. The number of anilines is 1. The number of amides is 1. The van der Waals surface area contributed by atoms with Crippen molar-refractivity contribution in [2.75, 3.05) is 11.9 Å². The standard InChI is InChI=1S/C20H18N2O3S/c1-13-7-6-10-16(14(13)2)19(24)25-11-18(23)22-20-21-17(12-26-20)15-8-4-3-5-9-15/h3-10,12H,11H2,1-2H3,(H,21,22,23). The molecule has 0 saturated heterocycles. The minimum atomic E-state index is -0.509. The lowest BCUT2D eigenvalue weighted by molar-refractivity contribution is -0.119. The maximum absolute atomic E-state index is 12.1. The summed E-state index contributed by atoms with van der Waals surface area (Å²) < 4.78 is 5.12. The number of rotatable bonds is 5. The van der Waals surface area contributed by atoms with Gasteiger partial charge in [0.1, 0.15) is 0 Å². The van der Waals surface area contributed by atoms with Gasteiger partial charge < -0.3 is 4.74 Å². The number of nitrogens with one attached hydrogen (secondary N) is 1. The minimum Gasteiger partial charge on any atom is -0.452 e. The Bertz CT molecular complexity index is 935. The zero-order valence-corrected chi connectivity index (χ0v) is 15.3. The number of thiazole rings is 1. The summed E-state index contributed by atoms with van der Waals surface area (Å²) in [6.45, 7) is 3.42. The Balaban J connectivity index is 1.57. The number of benzene rings is 2. The van der Waals surface area contributed by atoms with Crippen molar-refractivity contribution in [3.05, 3.63) is 70.6 Å². The van der Waals surface area contributed by atoms with E-state index in [0.717, 1.165) is 22.4 Å². The summed E-state index contributed by atoms with van der Waals surface area (Å²) in [4.78, 5) is 28.6. The smallest absolute Gasteiger partial charge is 0.338 e. The van der Waals surface area contributed by atoms with E-state index in [1.807, 2.05) is 55.6 Å². The summed E-state index contributed by atoms with van der Waals surface area (Å²) in [6.07, 6.45) is 0. The molecule has 0 bridgehead atoms. The Morgan fingerprint density at radius 1 is 1.08 bits per heavy atom. The largest absolute Gasteiger partial charge is 0.452 e. The summed E-state index contributed by atoms with van der Waals surface area (Å²) in [5, 5.41) is 4.99. The van der Waals surface area contributed by atoms with Gasteiger partial charge in [0.15, 0.2) is 11.7 Å². The Morgan fingerprint density at radius 3 is 2.62 bits per heavy atom. The molecule has 1 heterocycles. The van der Waals surface area contributed by atoms with E-state index in [2.05, 4.69) is 10.3 Å². The lowest BCUT2D eigenvalue weighted by Crippen LogP contribution is -2.21. The molecule has 0 aliphatic rings. The number of aryl methyl sites for hydroxylation is 1. The maximum atomic E-state index is 12.1. The van der Waals surface area contributed by atoms with Crippen LogP contribution in [0.25, 0.3) is 11.3 Å². The van der Waals surface area contributed by atoms with E-state index in [1.54, 1.807) is 12.1 Å². The molecular formula is C20H18N2O3S. The first-order valence-corrected chi connectivity index (χ1v) is 8.96. The summed E-state index contributed by atoms with van der Waals surface area (Å²) in [5.74, 6) is -0.928. The second-order valence-electron chi connectivity index (χ2n) is 5.78. The molecule has 0 fully saturated rings. The van der Waals surface area contributed by atoms with Gasteiger partial charge in [0.25, 0.3) is 5.91 Å². The van der Waals surface area contributed by atoms with Crippen LogP contribution in [-0.2, 0) is 9.53 Å². The van der Waals surface area contributed by atoms with Crippen LogP contribution in [0.15, 0.2) is 53.9 Å². The summed E-state index contributed by atoms with van der Waals surface area (Å²) in [5.41, 5.74) is 4.09. The van der Waals surface area contributed by atoms with E-state index >= 15 is 0 Å². The minimum absolute atomic E-state index is 0.355. The van der Waals surface area contributed by atoms with Crippen LogP contribution in [0, 0.1) is 13.8 Å². The average molecular weight is 366 g/mol. The fraction of sp³-hybridized carbons (Fsp3) is 0.150. The quantitative estimate of drug-likeness (QED) is 0.687. The second kappa shape index (κ2) is 7.93. The van der Waals surface area contributed by atoms with E-state index in [1.165, 1.54) is 11.3 Å². The summed E-state index contributed by atoms with van der Waals surface area (Å²) in [6, 6.07) is 15.1. The van der Waals surface area contributed by atoms with Gasteiger partial charge in [0.2, 0.25) is 0 Å². The molecule has 0 atom stereocenters. The molecule has 0 saturated carbocycles. The van der Waals surface area contributed by atoms with Gasteiger partial charge >= 0.3 is 5.97 Å². The van der Waals surface area contributed by atoms with E-state index in [0.29, 0.717) is 10.7 Å². The average Bonchev–Trinajstić information content (AvgIpc) is 3.11. The van der Waals surface area contributed by atoms with Gasteiger partial charge in [-0.2, -0.15) is 0 Å². The number of carbonyl (C=O) groups is 2. The zero-order valence-electron chi connectivity index (χ0n) is 14.5. The SMILES string of the molecule is Cc1cccc(C(=O)OCC(=O)Nc2nc(-c3ccccc3)cs2)c1C. The molecule has 0 unspecified atom stereocenters. The van der Waals surface area contributed by atoms with Gasteiger partial charge in [-0.05, 0) is 31.0 Å². The molecule has 0 aliphatic carbocycles. The molecule has 3 aromatic rings. The lowest BCUT2D eigenvalue weighted by atomic mass is 10.0. The van der Waals surface area contributed by atoms with Crippen molar-refractivity contribution in [3.63, 3.8) is 0 Å². The third kappa shape index (κ3) is 4.15. The van der Waals surface area contributed by atoms with Crippen molar-refractivity contribution in [1.82, 2.24) is 4.98 Å². The van der Waals surface area contributed by atoms with E-state index in [9.17, 15) is 9.59 Å². The molecule has 5 nitrogen and oxygen atoms in total. The number of carbonyl (C=O) groups excluding carboxylic acids is 2. The highest BCUT2D eigenvalue weighted by atomic mass is 32.1. The first-order chi connectivity index (χ1) is 12.5. The fourth-order valence-electron chi connectivity index (χ4n) is 2.41. The number of esters is 1. The van der Waals surface area contributed by atoms with Gasteiger partial charge in [-0.1, -0.05) is 42.5 Å². The van der Waals surface area contributed by atoms with Crippen molar-refractivity contribution < 1.29 is 14.3 Å². The maximum Gasteiger partial charge on any atom is 0.338 e. The molecule has 3 rings (SSSR count). The Hall–Kier alpha value is -2.99. The number of nitrogens with zero attached hydrogens (tertiary/aromatic N) is 1. The van der Waals surface area contributed by atoms with Crippen LogP contribution in [0.1, 0.15) is 21.5 Å². The van der Waals surface area contributed by atoms with Crippen LogP contribution in [0.3, 0.4) is 0 Å². The molecule has 0 spiro atoms. The predicted octanol–water partition coefficient (Wildman–Crippen LogP) is 4.22. The highest BCUT2D eigenvalue weighted by Gasteiger charge is 2.14. The third-order valence-electron chi connectivity index (χ3n) is 3.98. The molecular weight excluding hydrogens is 348 g/mol. The highest BCUT2D eigenvalue weighted by molar-refractivity contribution is 7.14. The van der Waals surface area contributed by atoms with Gasteiger partial charge in [0, 0.05) is 10.9 Å². The number of hydrogen-bond donors (Lipinski definition) is 1. The van der Waals surface area contributed by atoms with Crippen molar-refractivity contribution >= 4 is 28.3 Å². The summed E-state index contributed by atoms with van der Waals surface area (Å²) in [7, 11) is 0. The first kappa shape index (κ1) is 17.8. The van der Waals surface area contributed by atoms with E-state index in [-0.39, 0.29) is 6.61 Å². The Kier molecular flexibility index (Phi) is 5.43. The first-order valence-electron chi connectivity index (χ1n) is 8.09. The van der Waals surface area contributed by atoms with Crippen molar-refractivity contribution in [2.45, 2.75) is 13.8 Å². The molecule has 132 valence electrons. The third-order valence-corrected chi connectivity index (χ3v) is 4.74. The van der Waals surface area contributed by atoms with Crippen LogP contribution in [0.5, 0.6) is 0 Å². The van der Waals surface area contributed by atoms with E-state index < -0.39 is 11.9 Å². The van der Waals surface area contributed by atoms with Crippen molar-refractivity contribution in [3.8, 4) is 11.3 Å². The zero-order chi connectivity index (χ0) is 18.5. The topological polar surface area (TPSA) is 68.3 Å². The van der Waals surface area contributed by atoms with Gasteiger partial charge in [0.05, 0.1) is 11.3 Å². The fourth-order valence-corrected chi connectivity index (χ4v) is 3.14. The van der Waals surface area contributed by atoms with Gasteiger partial charge in [-0.25, -0.2) is 9.78 Å². The molecule has 0 radical (unpaired) electrons. The van der Waals surface area contributed by atoms with Crippen LogP contribution in [0.2, 0.25) is 0 Å². The number of aromatic nitrogens is 1. The van der Waals surface area contributed by atoms with Crippen LogP contribution < -0.4 is 5.32 Å². The monoisotopic (exact) mass is 366 g/mol. The van der Waals surface area contributed by atoms with Crippen LogP contribution >= 0.6 is 11.3 Å². The summed E-state index contributed by atoms with van der Waals surface area (Å²) >= 11 is 1.32. The number of ether oxygens (including phenoxy) is 1. The van der Waals surface area contributed by atoms with Gasteiger partial charge in [-0.3, -0.25) is 10.1 Å². The van der Waals surface area contributed by atoms with Crippen LogP contribution in [-0.4, -0.2) is 23.5 Å². The Labute approximate surface area is 155 Å². The molecule has 1 aromatic heterocycles. The lowest BCUT2D eigenvalue weighted by Gasteiger charge is -2.08. The van der Waals surface area contributed by atoms with Crippen LogP contribution in [0.4, 0.5) is 5.13 Å². The normalized spacial score (nSPS) is 10.4. The second-order valence-corrected chi connectivity index (χ2v) is 6.63. The molecule has 26 heavy (non-hydrogen) atoms. The van der Waals surface area contributed by atoms with Crippen molar-refractivity contribution in [1.29, 1.82) is 0 Å². The molecule has 1 amide bonds.